The molecule has 0 unspecified atom stereocenters. The quantitative estimate of drug-likeness (QED) is 0.768. The molecule has 0 amide bonds. The number of nitrogens with one attached hydrogen (secondary N) is 1. The Bertz CT molecular complexity index is 243. The summed E-state index contributed by atoms with van der Waals surface area (Å²) >= 11 is 0. The SMILES string of the molecule is CCNCC1(CN2CCC(COC)CC2)CCCC1. The summed E-state index contributed by atoms with van der Waals surface area (Å²) in [6, 6.07) is 0. The van der Waals surface area contributed by atoms with Crippen molar-refractivity contribution in [1.29, 1.82) is 0 Å². The summed E-state index contributed by atoms with van der Waals surface area (Å²) in [5.41, 5.74) is 0.574. The van der Waals surface area contributed by atoms with Crippen LogP contribution < -0.4 is 5.32 Å². The second-order valence-corrected chi connectivity index (χ2v) is 6.66. The zero-order valence-electron chi connectivity index (χ0n) is 12.9. The zero-order chi connectivity index (χ0) is 13.6. The van der Waals surface area contributed by atoms with Crippen molar-refractivity contribution in [3.05, 3.63) is 0 Å². The lowest BCUT2D eigenvalue weighted by Crippen LogP contribution is -2.45. The van der Waals surface area contributed by atoms with Gasteiger partial charge in [0.15, 0.2) is 0 Å². The molecule has 0 radical (unpaired) electrons. The van der Waals surface area contributed by atoms with Crippen molar-refractivity contribution in [2.24, 2.45) is 11.3 Å². The lowest BCUT2D eigenvalue weighted by Gasteiger charge is -2.39. The van der Waals surface area contributed by atoms with Crippen molar-refractivity contribution in [3.63, 3.8) is 0 Å². The van der Waals surface area contributed by atoms with Crippen LogP contribution in [-0.2, 0) is 4.74 Å². The molecule has 1 aliphatic carbocycles. The molecule has 2 fully saturated rings. The van der Waals surface area contributed by atoms with Gasteiger partial charge in [0, 0.05) is 26.8 Å². The number of nitrogens with zero attached hydrogens (tertiary/aromatic N) is 1. The molecule has 112 valence electrons. The zero-order valence-corrected chi connectivity index (χ0v) is 12.9. The molecule has 1 saturated heterocycles. The normalized spacial score (nSPS) is 24.9. The summed E-state index contributed by atoms with van der Waals surface area (Å²) in [6.07, 6.45) is 8.38. The second-order valence-electron chi connectivity index (χ2n) is 6.66. The number of likely N-dealkylation sites (tertiary alicyclic amines) is 1. The Hall–Kier alpha value is -0.120. The van der Waals surface area contributed by atoms with Gasteiger partial charge in [-0.05, 0) is 56.7 Å². The van der Waals surface area contributed by atoms with E-state index >= 15 is 0 Å². The highest BCUT2D eigenvalue weighted by Gasteiger charge is 2.35. The van der Waals surface area contributed by atoms with E-state index in [0.717, 1.165) is 19.1 Å². The van der Waals surface area contributed by atoms with E-state index in [2.05, 4.69) is 17.1 Å². The van der Waals surface area contributed by atoms with Crippen molar-refractivity contribution in [2.75, 3.05) is 46.4 Å². The fourth-order valence-electron chi connectivity index (χ4n) is 3.93. The van der Waals surface area contributed by atoms with E-state index in [4.69, 9.17) is 4.74 Å². The Labute approximate surface area is 119 Å². The van der Waals surface area contributed by atoms with Crippen molar-refractivity contribution >= 4 is 0 Å². The molecular weight excluding hydrogens is 236 g/mol. The molecule has 0 spiro atoms. The fourth-order valence-corrected chi connectivity index (χ4v) is 3.93. The smallest absolute Gasteiger partial charge is 0.0491 e. The van der Waals surface area contributed by atoms with Crippen LogP contribution >= 0.6 is 0 Å². The first-order chi connectivity index (χ1) is 9.28. The Kier molecular flexibility index (Phi) is 6.11. The van der Waals surface area contributed by atoms with Crippen LogP contribution in [0.2, 0.25) is 0 Å². The molecule has 0 atom stereocenters. The van der Waals surface area contributed by atoms with E-state index in [0.29, 0.717) is 5.41 Å². The van der Waals surface area contributed by atoms with Crippen LogP contribution in [0.4, 0.5) is 0 Å². The molecule has 3 heteroatoms. The first-order valence-corrected chi connectivity index (χ1v) is 8.20. The van der Waals surface area contributed by atoms with Gasteiger partial charge in [0.1, 0.15) is 0 Å². The molecule has 1 heterocycles. The van der Waals surface area contributed by atoms with Gasteiger partial charge in [-0.15, -0.1) is 0 Å². The lowest BCUT2D eigenvalue weighted by molar-refractivity contribution is 0.0739. The van der Waals surface area contributed by atoms with Gasteiger partial charge >= 0.3 is 0 Å². The van der Waals surface area contributed by atoms with Crippen LogP contribution in [0, 0.1) is 11.3 Å². The van der Waals surface area contributed by atoms with Crippen molar-refractivity contribution < 1.29 is 4.74 Å². The van der Waals surface area contributed by atoms with E-state index in [1.807, 2.05) is 7.11 Å². The lowest BCUT2D eigenvalue weighted by atomic mass is 9.84. The third-order valence-corrected chi connectivity index (χ3v) is 5.08. The average Bonchev–Trinajstić information content (AvgIpc) is 2.88. The van der Waals surface area contributed by atoms with E-state index in [1.165, 1.54) is 64.7 Å². The summed E-state index contributed by atoms with van der Waals surface area (Å²) in [5, 5.41) is 3.60. The fraction of sp³-hybridized carbons (Fsp3) is 1.00. The number of hydrogen-bond donors (Lipinski definition) is 1. The van der Waals surface area contributed by atoms with Gasteiger partial charge in [-0.3, -0.25) is 0 Å². The average molecular weight is 268 g/mol. The maximum Gasteiger partial charge on any atom is 0.0491 e. The molecule has 1 N–H and O–H groups in total. The third-order valence-electron chi connectivity index (χ3n) is 5.08. The monoisotopic (exact) mass is 268 g/mol. The van der Waals surface area contributed by atoms with Crippen molar-refractivity contribution in [2.45, 2.75) is 45.4 Å². The van der Waals surface area contributed by atoms with Gasteiger partial charge in [-0.2, -0.15) is 0 Å². The molecule has 1 saturated carbocycles. The molecular formula is C16H32N2O. The molecule has 0 bridgehead atoms. The van der Waals surface area contributed by atoms with E-state index in [-0.39, 0.29) is 0 Å². The highest BCUT2D eigenvalue weighted by Crippen LogP contribution is 2.39. The van der Waals surface area contributed by atoms with Crippen LogP contribution in [0.15, 0.2) is 0 Å². The minimum atomic E-state index is 0.574. The summed E-state index contributed by atoms with van der Waals surface area (Å²) in [6.45, 7) is 9.39. The summed E-state index contributed by atoms with van der Waals surface area (Å²) < 4.78 is 5.29. The van der Waals surface area contributed by atoms with Crippen LogP contribution in [0.25, 0.3) is 0 Å². The number of rotatable bonds is 7. The molecule has 3 nitrogen and oxygen atoms in total. The molecule has 19 heavy (non-hydrogen) atoms. The molecule has 2 rings (SSSR count). The minimum absolute atomic E-state index is 0.574. The number of piperidine rings is 1. The highest BCUT2D eigenvalue weighted by atomic mass is 16.5. The molecule has 0 aromatic carbocycles. The van der Waals surface area contributed by atoms with Crippen LogP contribution in [0.5, 0.6) is 0 Å². The largest absolute Gasteiger partial charge is 0.384 e. The Morgan fingerprint density at radius 3 is 2.47 bits per heavy atom. The number of ether oxygens (including phenoxy) is 1. The second kappa shape index (κ2) is 7.61. The van der Waals surface area contributed by atoms with Gasteiger partial charge in [-0.1, -0.05) is 19.8 Å². The standard InChI is InChI=1S/C16H32N2O/c1-3-17-13-16(8-4-5-9-16)14-18-10-6-15(7-11-18)12-19-2/h15,17H,3-14H2,1-2H3. The van der Waals surface area contributed by atoms with E-state index in [1.54, 1.807) is 0 Å². The Balaban J connectivity index is 1.78. The predicted molar refractivity (Wildman–Crippen MR) is 80.5 cm³/mol. The van der Waals surface area contributed by atoms with Gasteiger partial charge < -0.3 is 15.0 Å². The number of hydrogen-bond acceptors (Lipinski definition) is 3. The molecule has 1 aliphatic heterocycles. The summed E-state index contributed by atoms with van der Waals surface area (Å²) in [5.74, 6) is 0.801. The minimum Gasteiger partial charge on any atom is -0.384 e. The first kappa shape index (κ1) is 15.3. The maximum absolute atomic E-state index is 5.29. The van der Waals surface area contributed by atoms with Crippen molar-refractivity contribution in [1.82, 2.24) is 10.2 Å². The van der Waals surface area contributed by atoms with Gasteiger partial charge in [0.05, 0.1) is 0 Å². The Morgan fingerprint density at radius 1 is 1.21 bits per heavy atom. The highest BCUT2D eigenvalue weighted by molar-refractivity contribution is 4.90. The molecule has 0 aromatic heterocycles. The van der Waals surface area contributed by atoms with Crippen LogP contribution in [0.1, 0.15) is 45.4 Å². The molecule has 2 aliphatic rings. The number of methoxy groups -OCH3 is 1. The summed E-state index contributed by atoms with van der Waals surface area (Å²) in [4.78, 5) is 2.72. The maximum atomic E-state index is 5.29. The molecule has 0 aromatic rings. The van der Waals surface area contributed by atoms with Crippen LogP contribution in [-0.4, -0.2) is 51.3 Å². The van der Waals surface area contributed by atoms with Gasteiger partial charge in [-0.25, -0.2) is 0 Å². The van der Waals surface area contributed by atoms with E-state index < -0.39 is 0 Å². The summed E-state index contributed by atoms with van der Waals surface area (Å²) in [7, 11) is 1.83. The topological polar surface area (TPSA) is 24.5 Å². The van der Waals surface area contributed by atoms with E-state index in [9.17, 15) is 0 Å². The predicted octanol–water partition coefficient (Wildman–Crippen LogP) is 2.51. The van der Waals surface area contributed by atoms with Gasteiger partial charge in [0.25, 0.3) is 0 Å². The van der Waals surface area contributed by atoms with Crippen LogP contribution in [0.3, 0.4) is 0 Å². The van der Waals surface area contributed by atoms with Gasteiger partial charge in [0.2, 0.25) is 0 Å². The third kappa shape index (κ3) is 4.44. The first-order valence-electron chi connectivity index (χ1n) is 8.20. The Morgan fingerprint density at radius 2 is 1.89 bits per heavy atom. The van der Waals surface area contributed by atoms with Crippen molar-refractivity contribution in [3.8, 4) is 0 Å².